The summed E-state index contributed by atoms with van der Waals surface area (Å²) in [5, 5.41) is 0. The lowest BCUT2D eigenvalue weighted by molar-refractivity contribution is 0.0466. The summed E-state index contributed by atoms with van der Waals surface area (Å²) < 4.78 is 12.5. The first kappa shape index (κ1) is 22.3. The lowest BCUT2D eigenvalue weighted by atomic mass is 10.1. The number of carbonyl (C=O) groups excluding carboxylic acids is 1. The van der Waals surface area contributed by atoms with Gasteiger partial charge in [0, 0.05) is 0 Å². The van der Waals surface area contributed by atoms with Gasteiger partial charge in [0.2, 0.25) is 5.78 Å². The Morgan fingerprint density at radius 1 is 0.700 bits per heavy atom. The molecule has 0 aromatic heterocycles. The highest BCUT2D eigenvalue weighted by Crippen LogP contribution is 2.45. The van der Waals surface area contributed by atoms with Crippen molar-refractivity contribution in [2.24, 2.45) is 0 Å². The lowest BCUT2D eigenvalue weighted by Crippen LogP contribution is -2.37. The van der Waals surface area contributed by atoms with E-state index < -0.39 is 0 Å². The lowest BCUT2D eigenvalue weighted by Gasteiger charge is -2.27. The van der Waals surface area contributed by atoms with Crippen molar-refractivity contribution in [1.82, 2.24) is 9.80 Å². The van der Waals surface area contributed by atoms with Crippen LogP contribution in [0.5, 0.6) is 11.5 Å². The van der Waals surface area contributed by atoms with Gasteiger partial charge < -0.3 is 9.47 Å². The number of carbonyl (C=O) groups is 1. The van der Waals surface area contributed by atoms with Crippen LogP contribution in [-0.2, 0) is 0 Å². The second-order valence-corrected chi connectivity index (χ2v) is 7.56. The van der Waals surface area contributed by atoms with E-state index in [-0.39, 0.29) is 18.2 Å². The summed E-state index contributed by atoms with van der Waals surface area (Å²) in [5.74, 6) is 1.25. The van der Waals surface area contributed by atoms with Crippen LogP contribution in [0, 0.1) is 0 Å². The zero-order chi connectivity index (χ0) is 21.8. The fraction of sp³-hybridized carbons (Fsp3) is 0.480. The molecule has 0 spiro atoms. The van der Waals surface area contributed by atoms with Crippen molar-refractivity contribution in [3.05, 3.63) is 47.5 Å². The van der Waals surface area contributed by atoms with Crippen LogP contribution in [-0.4, -0.2) is 54.2 Å². The van der Waals surface area contributed by atoms with Crippen molar-refractivity contribution in [3.8, 4) is 22.6 Å². The SMILES string of the molecule is CCN(CC)C(C)Oc1cccc2c1C(=O)c1c(OC(C)N(CC)CC)cccc1-2. The minimum Gasteiger partial charge on any atom is -0.475 e. The topological polar surface area (TPSA) is 42.0 Å². The zero-order valence-electron chi connectivity index (χ0n) is 19.1. The van der Waals surface area contributed by atoms with E-state index in [1.54, 1.807) is 0 Å². The monoisotopic (exact) mass is 410 g/mol. The highest BCUT2D eigenvalue weighted by Gasteiger charge is 2.34. The molecule has 2 aromatic carbocycles. The summed E-state index contributed by atoms with van der Waals surface area (Å²) in [7, 11) is 0. The van der Waals surface area contributed by atoms with Crippen LogP contribution in [0.1, 0.15) is 57.5 Å². The highest BCUT2D eigenvalue weighted by molar-refractivity contribution is 6.24. The summed E-state index contributed by atoms with van der Waals surface area (Å²) in [6.07, 6.45) is -0.220. The van der Waals surface area contributed by atoms with E-state index in [4.69, 9.17) is 9.47 Å². The second kappa shape index (κ2) is 9.63. The minimum atomic E-state index is -0.110. The van der Waals surface area contributed by atoms with Crippen LogP contribution in [0.2, 0.25) is 0 Å². The summed E-state index contributed by atoms with van der Waals surface area (Å²) in [5.41, 5.74) is 3.11. The highest BCUT2D eigenvalue weighted by atomic mass is 16.5. The Balaban J connectivity index is 1.96. The summed E-state index contributed by atoms with van der Waals surface area (Å²) in [4.78, 5) is 18.0. The molecule has 0 amide bonds. The Bertz CT molecular complexity index is 816. The molecule has 1 aliphatic rings. The molecule has 2 aromatic rings. The molecule has 0 heterocycles. The van der Waals surface area contributed by atoms with Crippen LogP contribution in [0.3, 0.4) is 0 Å². The fourth-order valence-corrected chi connectivity index (χ4v) is 4.29. The molecule has 162 valence electrons. The van der Waals surface area contributed by atoms with Gasteiger partial charge >= 0.3 is 0 Å². The maximum Gasteiger partial charge on any atom is 0.201 e. The number of ketones is 1. The van der Waals surface area contributed by atoms with Crippen molar-refractivity contribution in [1.29, 1.82) is 0 Å². The normalized spacial score (nSPS) is 14.6. The maximum absolute atomic E-state index is 13.5. The first-order valence-electron chi connectivity index (χ1n) is 11.1. The van der Waals surface area contributed by atoms with Crippen LogP contribution in [0.15, 0.2) is 36.4 Å². The van der Waals surface area contributed by atoms with Gasteiger partial charge in [-0.25, -0.2) is 0 Å². The molecule has 0 fully saturated rings. The Labute approximate surface area is 180 Å². The number of hydrogen-bond acceptors (Lipinski definition) is 5. The van der Waals surface area contributed by atoms with Crippen LogP contribution in [0.25, 0.3) is 11.1 Å². The molecular formula is C25H34N2O3. The van der Waals surface area contributed by atoms with Gasteiger partial charge in [-0.1, -0.05) is 52.0 Å². The molecule has 1 aliphatic carbocycles. The van der Waals surface area contributed by atoms with Crippen LogP contribution < -0.4 is 9.47 Å². The molecule has 0 radical (unpaired) electrons. The molecule has 5 nitrogen and oxygen atoms in total. The quantitative estimate of drug-likeness (QED) is 0.439. The zero-order valence-corrected chi connectivity index (χ0v) is 19.1. The van der Waals surface area contributed by atoms with Gasteiger partial charge in [-0.15, -0.1) is 0 Å². The number of fused-ring (bicyclic) bond motifs is 3. The molecule has 2 atom stereocenters. The molecule has 0 saturated carbocycles. The van der Waals surface area contributed by atoms with Gasteiger partial charge in [-0.2, -0.15) is 0 Å². The predicted molar refractivity (Wildman–Crippen MR) is 121 cm³/mol. The summed E-state index contributed by atoms with van der Waals surface area (Å²) in [6.45, 7) is 16.1. The minimum absolute atomic E-state index is 0.0234. The predicted octanol–water partition coefficient (Wildman–Crippen LogP) is 5.03. The molecule has 0 saturated heterocycles. The second-order valence-electron chi connectivity index (χ2n) is 7.56. The number of nitrogens with zero attached hydrogens (tertiary/aromatic N) is 2. The molecule has 2 unspecified atom stereocenters. The van der Waals surface area contributed by atoms with E-state index >= 15 is 0 Å². The Morgan fingerprint density at radius 2 is 1.07 bits per heavy atom. The van der Waals surface area contributed by atoms with Gasteiger partial charge in [0.15, 0.2) is 0 Å². The molecule has 0 bridgehead atoms. The number of hydrogen-bond donors (Lipinski definition) is 0. The van der Waals surface area contributed by atoms with Gasteiger partial charge in [0.05, 0.1) is 11.1 Å². The number of ether oxygens (including phenoxy) is 2. The van der Waals surface area contributed by atoms with E-state index in [9.17, 15) is 4.79 Å². The molecule has 0 N–H and O–H groups in total. The van der Waals surface area contributed by atoms with E-state index in [2.05, 4.69) is 37.5 Å². The van der Waals surface area contributed by atoms with Crippen molar-refractivity contribution in [2.45, 2.75) is 54.0 Å². The van der Waals surface area contributed by atoms with E-state index in [1.807, 2.05) is 50.2 Å². The van der Waals surface area contributed by atoms with Gasteiger partial charge in [-0.3, -0.25) is 14.6 Å². The van der Waals surface area contributed by atoms with Crippen molar-refractivity contribution in [2.75, 3.05) is 26.2 Å². The van der Waals surface area contributed by atoms with Crippen molar-refractivity contribution < 1.29 is 14.3 Å². The Kier molecular flexibility index (Phi) is 7.16. The van der Waals surface area contributed by atoms with Gasteiger partial charge in [-0.05, 0) is 63.3 Å². The third-order valence-electron chi connectivity index (χ3n) is 6.04. The largest absolute Gasteiger partial charge is 0.475 e. The third kappa shape index (κ3) is 4.09. The molecule has 0 aliphatic heterocycles. The fourth-order valence-electron chi connectivity index (χ4n) is 4.29. The number of benzene rings is 2. The molecule has 3 rings (SSSR count). The average molecular weight is 411 g/mol. The van der Waals surface area contributed by atoms with Crippen molar-refractivity contribution in [3.63, 3.8) is 0 Å². The number of rotatable bonds is 10. The first-order chi connectivity index (χ1) is 14.5. The Morgan fingerprint density at radius 3 is 1.40 bits per heavy atom. The summed E-state index contributed by atoms with van der Waals surface area (Å²) in [6, 6.07) is 11.7. The maximum atomic E-state index is 13.5. The first-order valence-corrected chi connectivity index (χ1v) is 11.1. The Hall–Kier alpha value is -2.37. The van der Waals surface area contributed by atoms with E-state index in [0.29, 0.717) is 22.6 Å². The molecular weight excluding hydrogens is 376 g/mol. The van der Waals surface area contributed by atoms with Gasteiger partial charge in [0.25, 0.3) is 0 Å². The van der Waals surface area contributed by atoms with Crippen molar-refractivity contribution >= 4 is 5.78 Å². The standard InChI is InChI=1S/C25H34N2O3/c1-7-26(8-2)17(5)29-21-15-11-13-19-20-14-12-16-22(24(20)25(28)23(19)21)30-18(6)27(9-3)10-4/h11-18H,7-10H2,1-6H3. The van der Waals surface area contributed by atoms with Gasteiger partial charge in [0.1, 0.15) is 24.0 Å². The molecule has 30 heavy (non-hydrogen) atoms. The van der Waals surface area contributed by atoms with Crippen LogP contribution >= 0.6 is 0 Å². The van der Waals surface area contributed by atoms with E-state index in [0.717, 1.165) is 37.3 Å². The summed E-state index contributed by atoms with van der Waals surface area (Å²) >= 11 is 0. The molecule has 5 heteroatoms. The van der Waals surface area contributed by atoms with E-state index in [1.165, 1.54) is 0 Å². The van der Waals surface area contributed by atoms with Crippen LogP contribution in [0.4, 0.5) is 0 Å². The smallest absolute Gasteiger partial charge is 0.201 e. The average Bonchev–Trinajstić information content (AvgIpc) is 3.04. The third-order valence-corrected chi connectivity index (χ3v) is 6.04.